The van der Waals surface area contributed by atoms with Gasteiger partial charge in [0.25, 0.3) is 0 Å². The van der Waals surface area contributed by atoms with E-state index in [1.807, 2.05) is 0 Å². The average Bonchev–Trinajstić information content (AvgIpc) is 3.12. The number of hydrogen-bond donors (Lipinski definition) is 1. The minimum Gasteiger partial charge on any atom is -0.376 e. The lowest BCUT2D eigenvalue weighted by molar-refractivity contribution is 0.110. The SMILES string of the molecule is CC(C)NCc1ccccc1COCC1CC1. The lowest BCUT2D eigenvalue weighted by Gasteiger charge is -2.12. The van der Waals surface area contributed by atoms with E-state index in [1.54, 1.807) is 0 Å². The minimum absolute atomic E-state index is 0.524. The molecule has 0 atom stereocenters. The van der Waals surface area contributed by atoms with E-state index >= 15 is 0 Å². The summed E-state index contributed by atoms with van der Waals surface area (Å²) in [6.07, 6.45) is 2.72. The highest BCUT2D eigenvalue weighted by Gasteiger charge is 2.21. The van der Waals surface area contributed by atoms with Gasteiger partial charge in [-0.15, -0.1) is 0 Å². The molecule has 1 N–H and O–H groups in total. The molecule has 0 radical (unpaired) electrons. The Bertz CT molecular complexity index is 345. The minimum atomic E-state index is 0.524. The molecule has 1 saturated carbocycles. The van der Waals surface area contributed by atoms with Crippen molar-refractivity contribution in [3.63, 3.8) is 0 Å². The second-order valence-corrected chi connectivity index (χ2v) is 5.26. The van der Waals surface area contributed by atoms with Crippen LogP contribution in [-0.4, -0.2) is 12.6 Å². The van der Waals surface area contributed by atoms with Crippen LogP contribution in [0.3, 0.4) is 0 Å². The van der Waals surface area contributed by atoms with E-state index in [2.05, 4.69) is 43.4 Å². The fourth-order valence-electron chi connectivity index (χ4n) is 1.80. The molecule has 0 bridgehead atoms. The van der Waals surface area contributed by atoms with Crippen LogP contribution in [0.5, 0.6) is 0 Å². The molecule has 2 heteroatoms. The first-order valence-electron chi connectivity index (χ1n) is 6.63. The molecule has 2 nitrogen and oxygen atoms in total. The first kappa shape index (κ1) is 12.6. The molecule has 0 amide bonds. The van der Waals surface area contributed by atoms with Crippen molar-refractivity contribution in [3.05, 3.63) is 35.4 Å². The third-order valence-electron chi connectivity index (χ3n) is 3.13. The quantitative estimate of drug-likeness (QED) is 0.781. The van der Waals surface area contributed by atoms with E-state index in [4.69, 9.17) is 4.74 Å². The zero-order valence-electron chi connectivity index (χ0n) is 10.9. The molecule has 1 aliphatic carbocycles. The monoisotopic (exact) mass is 233 g/mol. The van der Waals surface area contributed by atoms with Crippen LogP contribution in [-0.2, 0) is 17.9 Å². The van der Waals surface area contributed by atoms with Crippen LogP contribution in [0.1, 0.15) is 37.8 Å². The van der Waals surface area contributed by atoms with Gasteiger partial charge >= 0.3 is 0 Å². The molecule has 1 fully saturated rings. The molecular weight excluding hydrogens is 210 g/mol. The Balaban J connectivity index is 1.84. The molecule has 94 valence electrons. The van der Waals surface area contributed by atoms with Gasteiger partial charge in [-0.3, -0.25) is 0 Å². The normalized spacial score (nSPS) is 15.5. The van der Waals surface area contributed by atoms with Crippen molar-refractivity contribution in [1.82, 2.24) is 5.32 Å². The number of ether oxygens (including phenoxy) is 1. The van der Waals surface area contributed by atoms with Crippen molar-refractivity contribution in [1.29, 1.82) is 0 Å². The summed E-state index contributed by atoms with van der Waals surface area (Å²) in [6.45, 7) is 6.97. The van der Waals surface area contributed by atoms with E-state index in [9.17, 15) is 0 Å². The van der Waals surface area contributed by atoms with Gasteiger partial charge in [0.15, 0.2) is 0 Å². The predicted octanol–water partition coefficient (Wildman–Crippen LogP) is 3.11. The Labute approximate surface area is 104 Å². The van der Waals surface area contributed by atoms with Gasteiger partial charge in [-0.25, -0.2) is 0 Å². The lowest BCUT2D eigenvalue weighted by Crippen LogP contribution is -2.22. The fourth-order valence-corrected chi connectivity index (χ4v) is 1.80. The van der Waals surface area contributed by atoms with E-state index in [0.29, 0.717) is 6.04 Å². The molecular formula is C15H23NO. The van der Waals surface area contributed by atoms with Crippen LogP contribution in [0.15, 0.2) is 24.3 Å². The van der Waals surface area contributed by atoms with Crippen LogP contribution < -0.4 is 5.32 Å². The Kier molecular flexibility index (Phi) is 4.57. The Morgan fingerprint density at radius 1 is 1.24 bits per heavy atom. The van der Waals surface area contributed by atoms with Crippen LogP contribution in [0, 0.1) is 5.92 Å². The second-order valence-electron chi connectivity index (χ2n) is 5.26. The predicted molar refractivity (Wildman–Crippen MR) is 70.8 cm³/mol. The lowest BCUT2D eigenvalue weighted by atomic mass is 10.1. The maximum atomic E-state index is 5.76. The summed E-state index contributed by atoms with van der Waals surface area (Å²) in [4.78, 5) is 0. The van der Waals surface area contributed by atoms with E-state index in [1.165, 1.54) is 24.0 Å². The Morgan fingerprint density at radius 3 is 2.59 bits per heavy atom. The van der Waals surface area contributed by atoms with Gasteiger partial charge < -0.3 is 10.1 Å². The summed E-state index contributed by atoms with van der Waals surface area (Å²) in [6, 6.07) is 9.07. The highest BCUT2D eigenvalue weighted by molar-refractivity contribution is 5.26. The van der Waals surface area contributed by atoms with Crippen LogP contribution >= 0.6 is 0 Å². The third kappa shape index (κ3) is 4.49. The molecule has 0 aromatic heterocycles. The maximum absolute atomic E-state index is 5.76. The van der Waals surface area contributed by atoms with Crippen LogP contribution in [0.2, 0.25) is 0 Å². The molecule has 1 aromatic carbocycles. The summed E-state index contributed by atoms with van der Waals surface area (Å²) in [7, 11) is 0. The van der Waals surface area contributed by atoms with E-state index in [0.717, 1.165) is 25.7 Å². The first-order valence-corrected chi connectivity index (χ1v) is 6.63. The van der Waals surface area contributed by atoms with E-state index in [-0.39, 0.29) is 0 Å². The van der Waals surface area contributed by atoms with E-state index < -0.39 is 0 Å². The van der Waals surface area contributed by atoms with Crippen molar-refractivity contribution in [3.8, 4) is 0 Å². The number of hydrogen-bond acceptors (Lipinski definition) is 2. The molecule has 0 heterocycles. The van der Waals surface area contributed by atoms with Crippen LogP contribution in [0.25, 0.3) is 0 Å². The molecule has 0 saturated heterocycles. The molecule has 0 unspecified atom stereocenters. The largest absolute Gasteiger partial charge is 0.376 e. The molecule has 0 aliphatic heterocycles. The third-order valence-corrected chi connectivity index (χ3v) is 3.13. The van der Waals surface area contributed by atoms with Crippen LogP contribution in [0.4, 0.5) is 0 Å². The highest BCUT2D eigenvalue weighted by atomic mass is 16.5. The number of rotatable bonds is 7. The standard InChI is InChI=1S/C15H23NO/c1-12(2)16-9-14-5-3-4-6-15(14)11-17-10-13-7-8-13/h3-6,12-13,16H,7-11H2,1-2H3. The molecule has 17 heavy (non-hydrogen) atoms. The van der Waals surface area contributed by atoms with Crippen molar-refractivity contribution in [2.45, 2.75) is 45.9 Å². The summed E-state index contributed by atoms with van der Waals surface area (Å²) in [5, 5.41) is 3.46. The van der Waals surface area contributed by atoms with Gasteiger partial charge in [0.2, 0.25) is 0 Å². The van der Waals surface area contributed by atoms with Gasteiger partial charge in [-0.2, -0.15) is 0 Å². The fraction of sp³-hybridized carbons (Fsp3) is 0.600. The Morgan fingerprint density at radius 2 is 1.94 bits per heavy atom. The molecule has 1 aromatic rings. The highest BCUT2D eigenvalue weighted by Crippen LogP contribution is 2.29. The van der Waals surface area contributed by atoms with Crippen molar-refractivity contribution < 1.29 is 4.74 Å². The second kappa shape index (κ2) is 6.18. The summed E-state index contributed by atoms with van der Waals surface area (Å²) >= 11 is 0. The smallest absolute Gasteiger partial charge is 0.0720 e. The van der Waals surface area contributed by atoms with Gasteiger partial charge in [0.05, 0.1) is 6.61 Å². The van der Waals surface area contributed by atoms with Gasteiger partial charge in [0.1, 0.15) is 0 Å². The molecule has 1 aliphatic rings. The molecule has 2 rings (SSSR count). The number of nitrogens with one attached hydrogen (secondary N) is 1. The van der Waals surface area contributed by atoms with Crippen molar-refractivity contribution in [2.24, 2.45) is 5.92 Å². The first-order chi connectivity index (χ1) is 8.25. The van der Waals surface area contributed by atoms with Gasteiger partial charge in [-0.1, -0.05) is 38.1 Å². The topological polar surface area (TPSA) is 21.3 Å². The van der Waals surface area contributed by atoms with Crippen molar-refractivity contribution in [2.75, 3.05) is 6.61 Å². The summed E-state index contributed by atoms with van der Waals surface area (Å²) in [5.41, 5.74) is 2.68. The summed E-state index contributed by atoms with van der Waals surface area (Å²) in [5.74, 6) is 0.843. The van der Waals surface area contributed by atoms with Gasteiger partial charge in [-0.05, 0) is 29.9 Å². The zero-order valence-corrected chi connectivity index (χ0v) is 10.9. The zero-order chi connectivity index (χ0) is 12.1. The Hall–Kier alpha value is -0.860. The van der Waals surface area contributed by atoms with Crippen molar-refractivity contribution >= 4 is 0 Å². The number of benzene rings is 1. The summed E-state index contributed by atoms with van der Waals surface area (Å²) < 4.78 is 5.76. The average molecular weight is 233 g/mol. The molecule has 0 spiro atoms. The van der Waals surface area contributed by atoms with Gasteiger partial charge in [0, 0.05) is 19.2 Å². The maximum Gasteiger partial charge on any atom is 0.0720 e.